The molecule has 146 valence electrons. The van der Waals surface area contributed by atoms with Crippen molar-refractivity contribution in [2.45, 2.75) is 25.3 Å². The predicted molar refractivity (Wildman–Crippen MR) is 104 cm³/mol. The number of aromatic nitrogens is 3. The number of halogens is 1. The van der Waals surface area contributed by atoms with E-state index in [4.69, 9.17) is 0 Å². The van der Waals surface area contributed by atoms with Crippen LogP contribution in [0.3, 0.4) is 0 Å². The Morgan fingerprint density at radius 2 is 2.11 bits per heavy atom. The van der Waals surface area contributed by atoms with Crippen molar-refractivity contribution in [3.8, 4) is 11.3 Å². The van der Waals surface area contributed by atoms with Crippen LogP contribution in [0.4, 0.5) is 4.39 Å². The number of rotatable bonds is 5. The van der Waals surface area contributed by atoms with Gasteiger partial charge in [-0.25, -0.2) is 9.37 Å². The molecule has 2 aromatic heterocycles. The molecule has 1 aromatic carbocycles. The SMILES string of the molecule is Cn1c(-c2ccc(F)cc2)cn2cc(C(=O)NCC[C@H]3CCCN3)nc2c1=O. The van der Waals surface area contributed by atoms with Gasteiger partial charge in [-0.05, 0) is 55.6 Å². The molecule has 0 saturated carbocycles. The number of amides is 1. The summed E-state index contributed by atoms with van der Waals surface area (Å²) in [4.78, 5) is 29.3. The molecular formula is C20H22FN5O2. The molecule has 0 aliphatic carbocycles. The summed E-state index contributed by atoms with van der Waals surface area (Å²) in [5, 5.41) is 6.26. The van der Waals surface area contributed by atoms with E-state index in [0.717, 1.165) is 19.4 Å². The molecule has 1 atom stereocenters. The minimum Gasteiger partial charge on any atom is -0.351 e. The number of nitrogens with one attached hydrogen (secondary N) is 2. The van der Waals surface area contributed by atoms with Gasteiger partial charge in [0.05, 0.1) is 5.69 Å². The number of nitrogens with zero attached hydrogens (tertiary/aromatic N) is 3. The number of fused-ring (bicyclic) bond motifs is 1. The average molecular weight is 383 g/mol. The van der Waals surface area contributed by atoms with E-state index >= 15 is 0 Å². The molecule has 0 bridgehead atoms. The molecule has 4 rings (SSSR count). The Balaban J connectivity index is 1.57. The zero-order chi connectivity index (χ0) is 19.7. The maximum Gasteiger partial charge on any atom is 0.294 e. The maximum atomic E-state index is 13.2. The van der Waals surface area contributed by atoms with Crippen molar-refractivity contribution in [2.75, 3.05) is 13.1 Å². The standard InChI is InChI=1S/C20H22FN5O2/c1-25-17(13-4-6-14(21)7-5-13)12-26-11-16(24-18(26)20(25)28)19(27)23-10-8-15-3-2-9-22-15/h4-7,11-12,15,22H,2-3,8-10H2,1H3,(H,23,27)/t15-/m1/s1. The van der Waals surface area contributed by atoms with Crippen LogP contribution in [0, 0.1) is 5.82 Å². The van der Waals surface area contributed by atoms with Crippen molar-refractivity contribution in [1.29, 1.82) is 0 Å². The first-order valence-electron chi connectivity index (χ1n) is 9.39. The summed E-state index contributed by atoms with van der Waals surface area (Å²) in [6, 6.07) is 6.35. The molecule has 8 heteroatoms. The smallest absolute Gasteiger partial charge is 0.294 e. The van der Waals surface area contributed by atoms with Crippen LogP contribution in [0.15, 0.2) is 41.5 Å². The first-order chi connectivity index (χ1) is 13.5. The van der Waals surface area contributed by atoms with E-state index < -0.39 is 0 Å². The lowest BCUT2D eigenvalue weighted by Crippen LogP contribution is -2.30. The fraction of sp³-hybridized carbons (Fsp3) is 0.350. The molecule has 3 heterocycles. The van der Waals surface area contributed by atoms with Crippen LogP contribution in [0.5, 0.6) is 0 Å². The predicted octanol–water partition coefficient (Wildman–Crippen LogP) is 1.71. The molecule has 0 spiro atoms. The Morgan fingerprint density at radius 1 is 1.32 bits per heavy atom. The number of carbonyl (C=O) groups is 1. The number of imidazole rings is 1. The summed E-state index contributed by atoms with van der Waals surface area (Å²) in [5.41, 5.74) is 1.36. The molecule has 1 aliphatic rings. The lowest BCUT2D eigenvalue weighted by Gasteiger charge is -2.09. The fourth-order valence-electron chi connectivity index (χ4n) is 3.58. The van der Waals surface area contributed by atoms with Crippen LogP contribution in [-0.4, -0.2) is 39.0 Å². The van der Waals surface area contributed by atoms with Crippen LogP contribution in [0.1, 0.15) is 29.8 Å². The van der Waals surface area contributed by atoms with E-state index in [1.54, 1.807) is 36.0 Å². The van der Waals surface area contributed by atoms with Crippen molar-refractivity contribution in [2.24, 2.45) is 7.05 Å². The summed E-state index contributed by atoms with van der Waals surface area (Å²) in [6.45, 7) is 1.59. The highest BCUT2D eigenvalue weighted by molar-refractivity contribution is 5.92. The lowest BCUT2D eigenvalue weighted by atomic mass is 10.1. The lowest BCUT2D eigenvalue weighted by molar-refractivity contribution is 0.0948. The Labute approximate surface area is 161 Å². The van der Waals surface area contributed by atoms with E-state index in [1.807, 2.05) is 0 Å². The van der Waals surface area contributed by atoms with Crippen LogP contribution in [0.2, 0.25) is 0 Å². The van der Waals surface area contributed by atoms with Gasteiger partial charge >= 0.3 is 0 Å². The van der Waals surface area contributed by atoms with Crippen molar-refractivity contribution in [3.05, 3.63) is 58.5 Å². The second kappa shape index (κ2) is 7.55. The third-order valence-corrected chi connectivity index (χ3v) is 5.16. The summed E-state index contributed by atoms with van der Waals surface area (Å²) in [6.07, 6.45) is 6.44. The monoisotopic (exact) mass is 383 g/mol. The number of benzene rings is 1. The van der Waals surface area contributed by atoms with Gasteiger partial charge in [-0.15, -0.1) is 0 Å². The van der Waals surface area contributed by atoms with Crippen LogP contribution >= 0.6 is 0 Å². The summed E-state index contributed by atoms with van der Waals surface area (Å²) < 4.78 is 16.2. The Morgan fingerprint density at radius 3 is 2.82 bits per heavy atom. The number of carbonyl (C=O) groups excluding carboxylic acids is 1. The zero-order valence-electron chi connectivity index (χ0n) is 15.6. The molecule has 7 nitrogen and oxygen atoms in total. The molecule has 3 aromatic rings. The fourth-order valence-corrected chi connectivity index (χ4v) is 3.58. The topological polar surface area (TPSA) is 80.4 Å². The molecule has 1 amide bonds. The largest absolute Gasteiger partial charge is 0.351 e. The van der Waals surface area contributed by atoms with Gasteiger partial charge in [0.1, 0.15) is 11.5 Å². The number of hydrogen-bond acceptors (Lipinski definition) is 4. The van der Waals surface area contributed by atoms with E-state index in [9.17, 15) is 14.0 Å². The first kappa shape index (κ1) is 18.4. The Kier molecular flexibility index (Phi) is 4.95. The maximum absolute atomic E-state index is 13.2. The van der Waals surface area contributed by atoms with Crippen LogP contribution in [0.25, 0.3) is 16.9 Å². The molecule has 1 saturated heterocycles. The second-order valence-electron chi connectivity index (χ2n) is 7.08. The van der Waals surface area contributed by atoms with E-state index in [1.165, 1.54) is 23.1 Å². The highest BCUT2D eigenvalue weighted by Crippen LogP contribution is 2.18. The number of hydrogen-bond donors (Lipinski definition) is 2. The molecular weight excluding hydrogens is 361 g/mol. The van der Waals surface area contributed by atoms with E-state index in [-0.39, 0.29) is 28.6 Å². The van der Waals surface area contributed by atoms with Crippen LogP contribution < -0.4 is 16.2 Å². The van der Waals surface area contributed by atoms with E-state index in [2.05, 4.69) is 15.6 Å². The summed E-state index contributed by atoms with van der Waals surface area (Å²) >= 11 is 0. The normalized spacial score (nSPS) is 16.6. The van der Waals surface area contributed by atoms with Gasteiger partial charge in [-0.1, -0.05) is 0 Å². The van der Waals surface area contributed by atoms with Gasteiger partial charge in [-0.2, -0.15) is 0 Å². The van der Waals surface area contributed by atoms with Gasteiger partial charge in [0, 0.05) is 32.0 Å². The summed E-state index contributed by atoms with van der Waals surface area (Å²) in [5.74, 6) is -0.642. The van der Waals surface area contributed by atoms with Gasteiger partial charge in [0.15, 0.2) is 0 Å². The van der Waals surface area contributed by atoms with Gasteiger partial charge < -0.3 is 15.2 Å². The minimum atomic E-state index is -0.343. The molecule has 0 radical (unpaired) electrons. The molecule has 2 N–H and O–H groups in total. The average Bonchev–Trinajstić information content (AvgIpc) is 3.35. The van der Waals surface area contributed by atoms with E-state index in [0.29, 0.717) is 23.8 Å². The Hall–Kier alpha value is -3.00. The third kappa shape index (κ3) is 3.55. The molecule has 0 unspecified atom stereocenters. The second-order valence-corrected chi connectivity index (χ2v) is 7.08. The van der Waals surface area contributed by atoms with Gasteiger partial charge in [-0.3, -0.25) is 14.0 Å². The minimum absolute atomic E-state index is 0.177. The van der Waals surface area contributed by atoms with Crippen molar-refractivity contribution in [3.63, 3.8) is 0 Å². The van der Waals surface area contributed by atoms with Gasteiger partial charge in [0.25, 0.3) is 11.5 Å². The highest BCUT2D eigenvalue weighted by Gasteiger charge is 2.17. The quantitative estimate of drug-likeness (QED) is 0.703. The van der Waals surface area contributed by atoms with Crippen LogP contribution in [-0.2, 0) is 7.05 Å². The first-order valence-corrected chi connectivity index (χ1v) is 9.39. The van der Waals surface area contributed by atoms with Crippen molar-refractivity contribution < 1.29 is 9.18 Å². The van der Waals surface area contributed by atoms with Crippen molar-refractivity contribution in [1.82, 2.24) is 24.6 Å². The molecule has 1 fully saturated rings. The molecule has 1 aliphatic heterocycles. The Bertz CT molecular complexity index is 1060. The third-order valence-electron chi connectivity index (χ3n) is 5.16. The molecule has 28 heavy (non-hydrogen) atoms. The zero-order valence-corrected chi connectivity index (χ0v) is 15.6. The van der Waals surface area contributed by atoms with Gasteiger partial charge in [0.2, 0.25) is 5.65 Å². The van der Waals surface area contributed by atoms with Crippen molar-refractivity contribution >= 4 is 11.6 Å². The highest BCUT2D eigenvalue weighted by atomic mass is 19.1. The summed E-state index contributed by atoms with van der Waals surface area (Å²) in [7, 11) is 1.63.